The fraction of sp³-hybridized carbons (Fsp3) is 0.333. The maximum Gasteiger partial charge on any atom is 0.226 e. The van der Waals surface area contributed by atoms with Crippen LogP contribution < -0.4 is 10.5 Å². The van der Waals surface area contributed by atoms with E-state index in [2.05, 4.69) is 0 Å². The van der Waals surface area contributed by atoms with Gasteiger partial charge in [0.15, 0.2) is 5.78 Å². The quantitative estimate of drug-likeness (QED) is 0.629. The minimum atomic E-state index is -0.0241. The van der Waals surface area contributed by atoms with E-state index in [0.717, 1.165) is 11.3 Å². The Morgan fingerprint density at radius 1 is 1.04 bits per heavy atom. The Morgan fingerprint density at radius 2 is 1.63 bits per heavy atom. The molecule has 1 aliphatic heterocycles. The van der Waals surface area contributed by atoms with Crippen molar-refractivity contribution in [1.29, 1.82) is 0 Å². The first kappa shape index (κ1) is 20.8. The number of halogens is 1. The maximum atomic E-state index is 12.6. The van der Waals surface area contributed by atoms with Gasteiger partial charge >= 0.3 is 0 Å². The van der Waals surface area contributed by atoms with E-state index in [1.165, 1.54) is 0 Å². The van der Waals surface area contributed by atoms with Crippen LogP contribution in [0.5, 0.6) is 5.75 Å². The van der Waals surface area contributed by atoms with E-state index in [9.17, 15) is 9.59 Å². The van der Waals surface area contributed by atoms with Gasteiger partial charge in [-0.3, -0.25) is 9.59 Å². The number of hydrogen-bond acceptors (Lipinski definition) is 4. The van der Waals surface area contributed by atoms with Crippen molar-refractivity contribution in [2.75, 3.05) is 25.9 Å². The fourth-order valence-corrected chi connectivity index (χ4v) is 3.30. The number of nitrogens with zero attached hydrogens (tertiary/aromatic N) is 1. The number of carbonyl (C=O) groups excluding carboxylic acids is 2. The van der Waals surface area contributed by atoms with Crippen LogP contribution in [0.25, 0.3) is 0 Å². The lowest BCUT2D eigenvalue weighted by atomic mass is 9.88. The molecule has 1 aliphatic rings. The lowest BCUT2D eigenvalue weighted by molar-refractivity contribution is -0.131. The zero-order chi connectivity index (χ0) is 18.5. The lowest BCUT2D eigenvalue weighted by Gasteiger charge is -2.31. The van der Waals surface area contributed by atoms with Crippen LogP contribution in [0, 0.1) is 5.92 Å². The van der Waals surface area contributed by atoms with Crippen molar-refractivity contribution < 1.29 is 14.3 Å². The number of likely N-dealkylation sites (tertiary alicyclic amines) is 1. The van der Waals surface area contributed by atoms with Crippen LogP contribution in [0.2, 0.25) is 0 Å². The molecule has 2 N–H and O–H groups in total. The third-order valence-electron chi connectivity index (χ3n) is 4.93. The van der Waals surface area contributed by atoms with Crippen LogP contribution in [-0.2, 0) is 11.2 Å². The molecule has 0 saturated carbocycles. The van der Waals surface area contributed by atoms with E-state index >= 15 is 0 Å². The van der Waals surface area contributed by atoms with E-state index in [4.69, 9.17) is 10.5 Å². The summed E-state index contributed by atoms with van der Waals surface area (Å²) in [6.45, 7) is 1.25. The zero-order valence-electron chi connectivity index (χ0n) is 15.4. The molecule has 1 heterocycles. The van der Waals surface area contributed by atoms with Gasteiger partial charge in [0.1, 0.15) is 5.75 Å². The van der Waals surface area contributed by atoms with Gasteiger partial charge in [-0.05, 0) is 54.8 Å². The number of amides is 1. The molecule has 6 heteroatoms. The molecule has 0 bridgehead atoms. The molecule has 1 fully saturated rings. The highest BCUT2D eigenvalue weighted by molar-refractivity contribution is 5.98. The summed E-state index contributed by atoms with van der Waals surface area (Å²) in [5.41, 5.74) is 8.03. The summed E-state index contributed by atoms with van der Waals surface area (Å²) in [4.78, 5) is 27.0. The first-order chi connectivity index (χ1) is 12.6. The lowest BCUT2D eigenvalue weighted by Crippen LogP contribution is -2.41. The highest BCUT2D eigenvalue weighted by Crippen LogP contribution is 2.23. The van der Waals surface area contributed by atoms with Crippen LogP contribution in [0.1, 0.15) is 28.8 Å². The molecule has 144 valence electrons. The van der Waals surface area contributed by atoms with Crippen LogP contribution in [0.15, 0.2) is 48.5 Å². The molecule has 0 unspecified atom stereocenters. The zero-order valence-corrected chi connectivity index (χ0v) is 16.2. The second-order valence-corrected chi connectivity index (χ2v) is 6.67. The summed E-state index contributed by atoms with van der Waals surface area (Å²) >= 11 is 0. The topological polar surface area (TPSA) is 72.6 Å². The number of ether oxygens (including phenoxy) is 1. The van der Waals surface area contributed by atoms with Gasteiger partial charge in [0.2, 0.25) is 5.91 Å². The molecule has 27 heavy (non-hydrogen) atoms. The molecule has 5 nitrogen and oxygen atoms in total. The van der Waals surface area contributed by atoms with Gasteiger partial charge in [0.05, 0.1) is 13.5 Å². The SMILES string of the molecule is COc1ccc(C(=O)C2CCN(C(=O)Cc3ccc(N)cc3)CC2)cc1.Cl. The van der Waals surface area contributed by atoms with Gasteiger partial charge in [0.25, 0.3) is 0 Å². The number of Topliss-reactive ketones (excluding diaryl/α,β-unsaturated/α-hetero) is 1. The molecule has 3 rings (SSSR count). The van der Waals surface area contributed by atoms with E-state index in [1.54, 1.807) is 31.4 Å². The number of methoxy groups -OCH3 is 1. The van der Waals surface area contributed by atoms with E-state index < -0.39 is 0 Å². The summed E-state index contributed by atoms with van der Waals surface area (Å²) in [7, 11) is 1.61. The van der Waals surface area contributed by atoms with Crippen molar-refractivity contribution in [3.05, 3.63) is 59.7 Å². The predicted octanol–water partition coefficient (Wildman–Crippen LogP) is 3.36. The molecule has 0 radical (unpaired) electrons. The van der Waals surface area contributed by atoms with Gasteiger partial charge in [0, 0.05) is 30.3 Å². The summed E-state index contributed by atoms with van der Waals surface area (Å²) in [6, 6.07) is 14.6. The Morgan fingerprint density at radius 3 is 2.19 bits per heavy atom. The van der Waals surface area contributed by atoms with Crippen molar-refractivity contribution in [1.82, 2.24) is 4.90 Å². The van der Waals surface area contributed by atoms with Crippen molar-refractivity contribution in [2.45, 2.75) is 19.3 Å². The number of carbonyl (C=O) groups is 2. The Labute approximate surface area is 165 Å². The molecule has 0 aromatic heterocycles. The molecule has 2 aromatic carbocycles. The van der Waals surface area contributed by atoms with Crippen LogP contribution in [-0.4, -0.2) is 36.8 Å². The average molecular weight is 389 g/mol. The second kappa shape index (κ2) is 9.42. The predicted molar refractivity (Wildman–Crippen MR) is 108 cm³/mol. The number of rotatable bonds is 5. The Hall–Kier alpha value is -2.53. The van der Waals surface area contributed by atoms with E-state index in [1.807, 2.05) is 29.2 Å². The first-order valence-electron chi connectivity index (χ1n) is 8.87. The van der Waals surface area contributed by atoms with Gasteiger partial charge in [-0.2, -0.15) is 0 Å². The first-order valence-corrected chi connectivity index (χ1v) is 8.87. The molecule has 0 atom stereocenters. The fourth-order valence-electron chi connectivity index (χ4n) is 3.30. The minimum absolute atomic E-state index is 0. The standard InChI is InChI=1S/C21H24N2O3.ClH/c1-26-19-8-4-16(5-9-19)21(25)17-10-12-23(13-11-17)20(24)14-15-2-6-18(22)7-3-15;/h2-9,17H,10-14,22H2,1H3;1H. The Bertz CT molecular complexity index is 767. The van der Waals surface area contributed by atoms with Crippen molar-refractivity contribution >= 4 is 29.8 Å². The number of hydrogen-bond donors (Lipinski definition) is 1. The minimum Gasteiger partial charge on any atom is -0.497 e. The highest BCUT2D eigenvalue weighted by Gasteiger charge is 2.27. The van der Waals surface area contributed by atoms with Gasteiger partial charge in [-0.25, -0.2) is 0 Å². The smallest absolute Gasteiger partial charge is 0.226 e. The Kier molecular flexibility index (Phi) is 7.25. The molecule has 0 aliphatic carbocycles. The van der Waals surface area contributed by atoms with Crippen molar-refractivity contribution in [3.63, 3.8) is 0 Å². The molecule has 1 amide bonds. The summed E-state index contributed by atoms with van der Waals surface area (Å²) in [5, 5.41) is 0. The largest absolute Gasteiger partial charge is 0.497 e. The summed E-state index contributed by atoms with van der Waals surface area (Å²) < 4.78 is 5.13. The molecular weight excluding hydrogens is 364 g/mol. The monoisotopic (exact) mass is 388 g/mol. The van der Waals surface area contributed by atoms with Gasteiger partial charge in [-0.15, -0.1) is 12.4 Å². The average Bonchev–Trinajstić information content (AvgIpc) is 2.69. The number of piperidine rings is 1. The maximum absolute atomic E-state index is 12.6. The molecule has 0 spiro atoms. The second-order valence-electron chi connectivity index (χ2n) is 6.67. The van der Waals surface area contributed by atoms with Crippen LogP contribution >= 0.6 is 12.4 Å². The number of anilines is 1. The van der Waals surface area contributed by atoms with Gasteiger partial charge < -0.3 is 15.4 Å². The number of nitrogen functional groups attached to an aromatic ring is 1. The van der Waals surface area contributed by atoms with Crippen LogP contribution in [0.4, 0.5) is 5.69 Å². The number of nitrogens with two attached hydrogens (primary N) is 1. The third-order valence-corrected chi connectivity index (χ3v) is 4.93. The van der Waals surface area contributed by atoms with Crippen molar-refractivity contribution in [3.8, 4) is 5.75 Å². The number of benzene rings is 2. The van der Waals surface area contributed by atoms with Crippen LogP contribution in [0.3, 0.4) is 0 Å². The van der Waals surface area contributed by atoms with Crippen molar-refractivity contribution in [2.24, 2.45) is 5.92 Å². The highest BCUT2D eigenvalue weighted by atomic mass is 35.5. The van der Waals surface area contributed by atoms with E-state index in [0.29, 0.717) is 43.6 Å². The molecule has 2 aromatic rings. The third kappa shape index (κ3) is 5.23. The summed E-state index contributed by atoms with van der Waals surface area (Å²) in [5.74, 6) is 0.969. The molecular formula is C21H25ClN2O3. The normalized spacial score (nSPS) is 14.3. The molecule has 1 saturated heterocycles. The summed E-state index contributed by atoms with van der Waals surface area (Å²) in [6.07, 6.45) is 1.79. The van der Waals surface area contributed by atoms with E-state index in [-0.39, 0.29) is 30.0 Å². The Balaban J connectivity index is 0.00000261. The van der Waals surface area contributed by atoms with Gasteiger partial charge in [-0.1, -0.05) is 12.1 Å². The number of ketones is 1.